The normalized spacial score (nSPS) is 18.1. The van der Waals surface area contributed by atoms with Gasteiger partial charge < -0.3 is 14.8 Å². The molecule has 27 heavy (non-hydrogen) atoms. The van der Waals surface area contributed by atoms with Crippen LogP contribution in [0.1, 0.15) is 53.5 Å². The van der Waals surface area contributed by atoms with E-state index < -0.39 is 0 Å². The number of carbonyl (C=O) groups is 2. The van der Waals surface area contributed by atoms with Gasteiger partial charge in [-0.15, -0.1) is 11.3 Å². The highest BCUT2D eigenvalue weighted by molar-refractivity contribution is 7.16. The first-order valence-corrected chi connectivity index (χ1v) is 9.87. The zero-order valence-electron chi connectivity index (χ0n) is 15.2. The predicted molar refractivity (Wildman–Crippen MR) is 102 cm³/mol. The molecule has 4 rings (SSSR count). The molecular formula is C19H21N3O4S. The summed E-state index contributed by atoms with van der Waals surface area (Å²) in [6.07, 6.45) is 2.47. The first-order chi connectivity index (χ1) is 13.0. The molecule has 0 saturated carbocycles. The highest BCUT2D eigenvalue weighted by atomic mass is 32.1. The third-order valence-corrected chi connectivity index (χ3v) is 5.94. The number of fused-ring (bicyclic) bond motifs is 2. The van der Waals surface area contributed by atoms with Crippen LogP contribution in [0.3, 0.4) is 0 Å². The van der Waals surface area contributed by atoms with E-state index in [4.69, 9.17) is 9.47 Å². The lowest BCUT2D eigenvalue weighted by Crippen LogP contribution is -2.35. The number of aromatic nitrogens is 1. The Labute approximate surface area is 161 Å². The van der Waals surface area contributed by atoms with Gasteiger partial charge in [-0.2, -0.15) is 0 Å². The topological polar surface area (TPSA) is 89.6 Å². The van der Waals surface area contributed by atoms with Crippen LogP contribution in [0.4, 0.5) is 5.13 Å². The summed E-state index contributed by atoms with van der Waals surface area (Å²) in [5, 5.41) is 6.37. The number of nitrogens with zero attached hydrogens (tertiary/aromatic N) is 1. The van der Waals surface area contributed by atoms with Crippen molar-refractivity contribution in [1.82, 2.24) is 10.3 Å². The monoisotopic (exact) mass is 387 g/mol. The second kappa shape index (κ2) is 7.19. The molecule has 142 valence electrons. The van der Waals surface area contributed by atoms with E-state index in [1.165, 1.54) is 11.3 Å². The number of rotatable bonds is 5. The van der Waals surface area contributed by atoms with Gasteiger partial charge in [0.2, 0.25) is 12.7 Å². The van der Waals surface area contributed by atoms with Crippen molar-refractivity contribution in [3.05, 3.63) is 34.3 Å². The number of anilines is 1. The van der Waals surface area contributed by atoms with Crippen LogP contribution in [0.5, 0.6) is 11.5 Å². The van der Waals surface area contributed by atoms with E-state index in [1.54, 1.807) is 18.2 Å². The van der Waals surface area contributed by atoms with Gasteiger partial charge in [-0.05, 0) is 44.4 Å². The molecule has 2 N–H and O–H groups in total. The Morgan fingerprint density at radius 1 is 1.33 bits per heavy atom. The summed E-state index contributed by atoms with van der Waals surface area (Å²) in [6.45, 7) is 4.20. The number of benzene rings is 1. The highest BCUT2D eigenvalue weighted by Crippen LogP contribution is 2.39. The van der Waals surface area contributed by atoms with Crippen molar-refractivity contribution < 1.29 is 19.1 Å². The van der Waals surface area contributed by atoms with E-state index in [9.17, 15) is 9.59 Å². The molecule has 0 unspecified atom stereocenters. The Morgan fingerprint density at radius 2 is 2.15 bits per heavy atom. The fourth-order valence-corrected chi connectivity index (χ4v) is 4.22. The fourth-order valence-electron chi connectivity index (χ4n) is 3.19. The molecule has 0 radical (unpaired) electrons. The SMILES string of the molecule is CC[C@@H](C)NC(=O)[C@H]1CCc2sc(NC(=O)c3ccc4c(c3)OCO4)nc21. The molecule has 1 aliphatic heterocycles. The molecule has 2 aliphatic rings. The Bertz CT molecular complexity index is 895. The lowest BCUT2D eigenvalue weighted by Gasteiger charge is -2.15. The lowest BCUT2D eigenvalue weighted by molar-refractivity contribution is -0.123. The minimum absolute atomic E-state index is 0.0158. The number of aryl methyl sites for hydroxylation is 1. The summed E-state index contributed by atoms with van der Waals surface area (Å²) >= 11 is 1.44. The van der Waals surface area contributed by atoms with Crippen LogP contribution in [0.2, 0.25) is 0 Å². The third kappa shape index (κ3) is 3.49. The number of nitrogens with one attached hydrogen (secondary N) is 2. The second-order valence-corrected chi connectivity index (χ2v) is 7.84. The maximum atomic E-state index is 12.5. The molecule has 0 bridgehead atoms. The highest BCUT2D eigenvalue weighted by Gasteiger charge is 2.33. The van der Waals surface area contributed by atoms with Gasteiger partial charge in [0.1, 0.15) is 0 Å². The number of hydrogen-bond acceptors (Lipinski definition) is 6. The van der Waals surface area contributed by atoms with Crippen molar-refractivity contribution in [3.63, 3.8) is 0 Å². The third-order valence-electron chi connectivity index (χ3n) is 4.89. The van der Waals surface area contributed by atoms with E-state index in [-0.39, 0.29) is 30.6 Å². The maximum Gasteiger partial charge on any atom is 0.257 e. The summed E-state index contributed by atoms with van der Waals surface area (Å²) in [4.78, 5) is 30.6. The zero-order valence-corrected chi connectivity index (χ0v) is 16.0. The van der Waals surface area contributed by atoms with Crippen LogP contribution in [0.25, 0.3) is 0 Å². The van der Waals surface area contributed by atoms with Crippen LogP contribution in [0, 0.1) is 0 Å². The molecule has 0 fully saturated rings. The van der Waals surface area contributed by atoms with Crippen molar-refractivity contribution >= 4 is 28.3 Å². The van der Waals surface area contributed by atoms with E-state index in [1.807, 2.05) is 13.8 Å². The summed E-state index contributed by atoms with van der Waals surface area (Å²) in [7, 11) is 0. The largest absolute Gasteiger partial charge is 0.454 e. The average molecular weight is 387 g/mol. The van der Waals surface area contributed by atoms with E-state index in [0.717, 1.165) is 29.8 Å². The molecule has 1 aromatic heterocycles. The predicted octanol–water partition coefficient (Wildman–Crippen LogP) is 3.07. The van der Waals surface area contributed by atoms with Crippen LogP contribution in [-0.4, -0.2) is 29.6 Å². The second-order valence-electron chi connectivity index (χ2n) is 6.76. The van der Waals surface area contributed by atoms with E-state index >= 15 is 0 Å². The maximum absolute atomic E-state index is 12.5. The van der Waals surface area contributed by atoms with Gasteiger partial charge in [-0.3, -0.25) is 14.9 Å². The Morgan fingerprint density at radius 3 is 2.96 bits per heavy atom. The summed E-state index contributed by atoms with van der Waals surface area (Å²) in [5.41, 5.74) is 1.27. The number of hydrogen-bond donors (Lipinski definition) is 2. The smallest absolute Gasteiger partial charge is 0.257 e. The molecule has 1 aliphatic carbocycles. The summed E-state index contributed by atoms with van der Waals surface area (Å²) in [6, 6.07) is 5.20. The van der Waals surface area contributed by atoms with Gasteiger partial charge in [0.15, 0.2) is 16.6 Å². The van der Waals surface area contributed by atoms with E-state index in [2.05, 4.69) is 15.6 Å². The standard InChI is InChI=1S/C19H21N3O4S/c1-3-10(2)20-18(24)12-5-7-15-16(12)21-19(27-15)22-17(23)11-4-6-13-14(8-11)26-9-25-13/h4,6,8,10,12H,3,5,7,9H2,1-2H3,(H,20,24)(H,21,22,23)/t10-,12+/m1/s1. The van der Waals surface area contributed by atoms with Crippen LogP contribution >= 0.6 is 11.3 Å². The van der Waals surface area contributed by atoms with Gasteiger partial charge in [-0.1, -0.05) is 6.92 Å². The molecule has 0 spiro atoms. The number of ether oxygens (including phenoxy) is 2. The van der Waals surface area contributed by atoms with Crippen molar-refractivity contribution in [2.45, 2.75) is 45.1 Å². The van der Waals surface area contributed by atoms with Gasteiger partial charge in [0.25, 0.3) is 5.91 Å². The number of amides is 2. The number of carbonyl (C=O) groups excluding carboxylic acids is 2. The Kier molecular flexibility index (Phi) is 4.73. The van der Waals surface area contributed by atoms with Crippen LogP contribution in [-0.2, 0) is 11.2 Å². The molecular weight excluding hydrogens is 366 g/mol. The first kappa shape index (κ1) is 17.8. The molecule has 0 saturated heterocycles. The average Bonchev–Trinajstić information content (AvgIpc) is 3.35. The zero-order chi connectivity index (χ0) is 19.0. The fraction of sp³-hybridized carbons (Fsp3) is 0.421. The van der Waals surface area contributed by atoms with Crippen LogP contribution < -0.4 is 20.1 Å². The minimum Gasteiger partial charge on any atom is -0.454 e. The van der Waals surface area contributed by atoms with Gasteiger partial charge in [0.05, 0.1) is 11.6 Å². The lowest BCUT2D eigenvalue weighted by atomic mass is 10.1. The van der Waals surface area contributed by atoms with Crippen molar-refractivity contribution in [2.75, 3.05) is 12.1 Å². The number of thiazole rings is 1. The quantitative estimate of drug-likeness (QED) is 0.823. The molecule has 1 aromatic carbocycles. The minimum atomic E-state index is -0.263. The molecule has 8 heteroatoms. The summed E-state index contributed by atoms with van der Waals surface area (Å²) < 4.78 is 10.6. The first-order valence-electron chi connectivity index (χ1n) is 9.06. The van der Waals surface area contributed by atoms with Gasteiger partial charge in [0, 0.05) is 16.5 Å². The van der Waals surface area contributed by atoms with Gasteiger partial charge >= 0.3 is 0 Å². The van der Waals surface area contributed by atoms with Gasteiger partial charge in [-0.25, -0.2) is 4.98 Å². The Hall–Kier alpha value is -2.61. The van der Waals surface area contributed by atoms with Crippen LogP contribution in [0.15, 0.2) is 18.2 Å². The van der Waals surface area contributed by atoms with Crippen molar-refractivity contribution in [1.29, 1.82) is 0 Å². The Balaban J connectivity index is 1.46. The molecule has 7 nitrogen and oxygen atoms in total. The van der Waals surface area contributed by atoms with E-state index in [0.29, 0.717) is 22.2 Å². The molecule has 2 amide bonds. The van der Waals surface area contributed by atoms with Crippen molar-refractivity contribution in [2.24, 2.45) is 0 Å². The molecule has 2 atom stereocenters. The molecule has 2 aromatic rings. The molecule has 2 heterocycles. The summed E-state index contributed by atoms with van der Waals surface area (Å²) in [5.74, 6) is 0.714. The van der Waals surface area contributed by atoms with Crippen molar-refractivity contribution in [3.8, 4) is 11.5 Å².